The van der Waals surface area contributed by atoms with Gasteiger partial charge in [-0.3, -0.25) is 4.90 Å². The molecule has 0 unspecified atom stereocenters. The molecule has 1 aromatic rings. The molecule has 0 fully saturated rings. The maximum Gasteiger partial charge on any atom is 0.401 e. The quantitative estimate of drug-likeness (QED) is 0.243. The Hall–Kier alpha value is -1.87. The Morgan fingerprint density at radius 2 is 2.00 bits per heavy atom. The summed E-state index contributed by atoms with van der Waals surface area (Å²) in [6.45, 7) is -2.14. The molecule has 0 heterocycles. The number of hydrogen-bond acceptors (Lipinski definition) is 4. The summed E-state index contributed by atoms with van der Waals surface area (Å²) >= 11 is 0. The van der Waals surface area contributed by atoms with Crippen molar-refractivity contribution >= 4 is 5.84 Å². The Kier molecular flexibility index (Phi) is 5.91. The number of benzene rings is 1. The van der Waals surface area contributed by atoms with Gasteiger partial charge in [-0.15, -0.1) is 0 Å². The molecule has 5 nitrogen and oxygen atoms in total. The molecule has 4 N–H and O–H groups in total. The van der Waals surface area contributed by atoms with Crippen LogP contribution in [0.1, 0.15) is 11.1 Å². The van der Waals surface area contributed by atoms with Gasteiger partial charge in [0.25, 0.3) is 0 Å². The van der Waals surface area contributed by atoms with E-state index in [0.717, 1.165) is 17.0 Å². The first kappa shape index (κ1) is 17.2. The third-order valence-electron chi connectivity index (χ3n) is 2.67. The summed E-state index contributed by atoms with van der Waals surface area (Å²) in [7, 11) is 0. The molecular formula is C12H15F4N3O2. The van der Waals surface area contributed by atoms with Gasteiger partial charge in [0.05, 0.1) is 13.2 Å². The number of alkyl halides is 3. The first-order chi connectivity index (χ1) is 9.76. The summed E-state index contributed by atoms with van der Waals surface area (Å²) < 4.78 is 50.5. The number of nitrogens with two attached hydrogens (primary N) is 1. The molecule has 0 bridgehead atoms. The van der Waals surface area contributed by atoms with Crippen LogP contribution in [0.25, 0.3) is 0 Å². The van der Waals surface area contributed by atoms with Gasteiger partial charge in [-0.2, -0.15) is 13.2 Å². The molecule has 0 radical (unpaired) electrons. The van der Waals surface area contributed by atoms with Crippen LogP contribution < -0.4 is 5.73 Å². The molecule has 1 aromatic carbocycles. The lowest BCUT2D eigenvalue weighted by atomic mass is 10.1. The number of aliphatic hydroxyl groups excluding tert-OH is 1. The van der Waals surface area contributed by atoms with Gasteiger partial charge in [0.1, 0.15) is 5.82 Å². The molecule has 0 aromatic heterocycles. The van der Waals surface area contributed by atoms with Gasteiger partial charge >= 0.3 is 6.18 Å². The van der Waals surface area contributed by atoms with Gasteiger partial charge in [-0.25, -0.2) is 4.39 Å². The van der Waals surface area contributed by atoms with Crippen LogP contribution in [0.5, 0.6) is 0 Å². The Labute approximate surface area is 118 Å². The van der Waals surface area contributed by atoms with E-state index in [1.165, 1.54) is 6.07 Å². The fourth-order valence-corrected chi connectivity index (χ4v) is 1.83. The predicted octanol–water partition coefficient (Wildman–Crippen LogP) is 1.28. The summed E-state index contributed by atoms with van der Waals surface area (Å²) in [4.78, 5) is 0.932. The molecule has 0 atom stereocenters. The predicted molar refractivity (Wildman–Crippen MR) is 67.3 cm³/mol. The number of hydrogen-bond donors (Lipinski definition) is 3. The molecule has 0 spiro atoms. The van der Waals surface area contributed by atoms with Crippen LogP contribution in [0.15, 0.2) is 23.4 Å². The van der Waals surface area contributed by atoms with Gasteiger partial charge in [0, 0.05) is 18.7 Å². The Morgan fingerprint density at radius 1 is 1.33 bits per heavy atom. The van der Waals surface area contributed by atoms with Crippen LogP contribution in [0.4, 0.5) is 17.6 Å². The normalized spacial score (nSPS) is 13.0. The zero-order chi connectivity index (χ0) is 16.0. The monoisotopic (exact) mass is 309 g/mol. The Balaban J connectivity index is 3.03. The molecule has 0 aliphatic carbocycles. The Morgan fingerprint density at radius 3 is 2.52 bits per heavy atom. The van der Waals surface area contributed by atoms with Crippen molar-refractivity contribution in [2.24, 2.45) is 10.9 Å². The highest BCUT2D eigenvalue weighted by Crippen LogP contribution is 2.20. The van der Waals surface area contributed by atoms with E-state index >= 15 is 0 Å². The summed E-state index contributed by atoms with van der Waals surface area (Å²) in [6.07, 6.45) is -4.44. The SMILES string of the molecule is N/C(=N/O)c1cc(F)ccc1CN(CCO)CC(F)(F)F. The molecule has 0 aliphatic heterocycles. The molecular weight excluding hydrogens is 294 g/mol. The van der Waals surface area contributed by atoms with Gasteiger partial charge in [-0.05, 0) is 17.7 Å². The number of amidine groups is 1. The smallest absolute Gasteiger partial charge is 0.401 e. The largest absolute Gasteiger partial charge is 0.409 e. The van der Waals surface area contributed by atoms with Crippen LogP contribution in [0.3, 0.4) is 0 Å². The molecule has 0 amide bonds. The lowest BCUT2D eigenvalue weighted by Crippen LogP contribution is -2.36. The lowest BCUT2D eigenvalue weighted by Gasteiger charge is -2.23. The van der Waals surface area contributed by atoms with E-state index in [1.807, 2.05) is 0 Å². The lowest BCUT2D eigenvalue weighted by molar-refractivity contribution is -0.147. The number of rotatable bonds is 6. The van der Waals surface area contributed by atoms with Crippen molar-refractivity contribution in [3.8, 4) is 0 Å². The minimum Gasteiger partial charge on any atom is -0.409 e. The third kappa shape index (κ3) is 5.56. The maximum atomic E-state index is 13.2. The molecule has 9 heteroatoms. The minimum atomic E-state index is -4.44. The molecule has 1 rings (SSSR count). The molecule has 118 valence electrons. The minimum absolute atomic E-state index is 0.00242. The van der Waals surface area contributed by atoms with Gasteiger partial charge < -0.3 is 16.0 Å². The second kappa shape index (κ2) is 7.23. The van der Waals surface area contributed by atoms with E-state index in [-0.39, 0.29) is 24.2 Å². The van der Waals surface area contributed by atoms with Crippen molar-refractivity contribution in [1.29, 1.82) is 0 Å². The standard InChI is InChI=1S/C12H15F4N3O2/c13-9-2-1-8(10(5-9)11(17)18-21)6-19(3-4-20)7-12(14,15)16/h1-2,5,20-21H,3-4,6-7H2,(H2,17,18). The van der Waals surface area contributed by atoms with Crippen molar-refractivity contribution in [3.05, 3.63) is 35.1 Å². The third-order valence-corrected chi connectivity index (χ3v) is 2.67. The van der Waals surface area contributed by atoms with Crippen LogP contribution in [-0.4, -0.2) is 46.9 Å². The van der Waals surface area contributed by atoms with E-state index in [1.54, 1.807) is 0 Å². The summed E-state index contributed by atoms with van der Waals surface area (Å²) in [5.74, 6) is -1.06. The average molecular weight is 309 g/mol. The number of nitrogens with zero attached hydrogens (tertiary/aromatic N) is 2. The van der Waals surface area contributed by atoms with Gasteiger partial charge in [-0.1, -0.05) is 11.2 Å². The van der Waals surface area contributed by atoms with Gasteiger partial charge in [0.15, 0.2) is 5.84 Å². The number of halogens is 4. The van der Waals surface area contributed by atoms with Crippen LogP contribution in [0, 0.1) is 5.82 Å². The van der Waals surface area contributed by atoms with E-state index in [2.05, 4.69) is 5.16 Å². The fraction of sp³-hybridized carbons (Fsp3) is 0.417. The molecule has 0 saturated carbocycles. The molecule has 0 aliphatic rings. The second-order valence-electron chi connectivity index (χ2n) is 4.34. The van der Waals surface area contributed by atoms with Crippen LogP contribution >= 0.6 is 0 Å². The van der Waals surface area contributed by atoms with E-state index in [9.17, 15) is 17.6 Å². The first-order valence-electron chi connectivity index (χ1n) is 5.93. The highest BCUT2D eigenvalue weighted by atomic mass is 19.4. The zero-order valence-corrected chi connectivity index (χ0v) is 10.9. The van der Waals surface area contributed by atoms with Crippen molar-refractivity contribution in [3.63, 3.8) is 0 Å². The van der Waals surface area contributed by atoms with E-state index in [0.29, 0.717) is 0 Å². The van der Waals surface area contributed by atoms with Crippen molar-refractivity contribution in [2.45, 2.75) is 12.7 Å². The van der Waals surface area contributed by atoms with E-state index < -0.39 is 31.0 Å². The second-order valence-corrected chi connectivity index (χ2v) is 4.34. The van der Waals surface area contributed by atoms with Crippen molar-refractivity contribution in [1.82, 2.24) is 4.90 Å². The van der Waals surface area contributed by atoms with Crippen LogP contribution in [0.2, 0.25) is 0 Å². The van der Waals surface area contributed by atoms with Crippen molar-refractivity contribution < 1.29 is 27.9 Å². The van der Waals surface area contributed by atoms with Crippen molar-refractivity contribution in [2.75, 3.05) is 19.7 Å². The van der Waals surface area contributed by atoms with Gasteiger partial charge in [0.2, 0.25) is 0 Å². The number of aliphatic hydroxyl groups is 1. The summed E-state index contributed by atoms with van der Waals surface area (Å²) in [5, 5.41) is 20.2. The van der Waals surface area contributed by atoms with Crippen LogP contribution in [-0.2, 0) is 6.54 Å². The maximum absolute atomic E-state index is 13.2. The average Bonchev–Trinajstić information content (AvgIpc) is 2.38. The summed E-state index contributed by atoms with van der Waals surface area (Å²) in [5.41, 5.74) is 5.64. The summed E-state index contributed by atoms with van der Waals surface area (Å²) in [6, 6.07) is 3.28. The Bertz CT molecular complexity index is 506. The zero-order valence-electron chi connectivity index (χ0n) is 10.9. The molecule has 0 saturated heterocycles. The topological polar surface area (TPSA) is 82.1 Å². The van der Waals surface area contributed by atoms with E-state index in [4.69, 9.17) is 16.0 Å². The molecule has 21 heavy (non-hydrogen) atoms. The first-order valence-corrected chi connectivity index (χ1v) is 5.93. The highest BCUT2D eigenvalue weighted by molar-refractivity contribution is 5.98. The number of oxime groups is 1. The fourth-order valence-electron chi connectivity index (χ4n) is 1.83. The highest BCUT2D eigenvalue weighted by Gasteiger charge is 2.30.